The Bertz CT molecular complexity index is 882. The minimum atomic E-state index is -0.331. The Hall–Kier alpha value is -2.34. The van der Waals surface area contributed by atoms with Crippen molar-refractivity contribution >= 4 is 33.9 Å². The van der Waals surface area contributed by atoms with Crippen LogP contribution in [-0.4, -0.2) is 31.6 Å². The third-order valence-electron chi connectivity index (χ3n) is 5.73. The van der Waals surface area contributed by atoms with Crippen LogP contribution < -0.4 is 10.2 Å². The van der Waals surface area contributed by atoms with E-state index in [0.29, 0.717) is 22.7 Å². The monoisotopic (exact) mass is 412 g/mol. The van der Waals surface area contributed by atoms with Crippen molar-refractivity contribution in [1.82, 2.24) is 0 Å². The topological polar surface area (TPSA) is 58.6 Å². The summed E-state index contributed by atoms with van der Waals surface area (Å²) in [5, 5.41) is 3.61. The van der Waals surface area contributed by atoms with Crippen LogP contribution in [0.4, 0.5) is 10.7 Å². The van der Waals surface area contributed by atoms with Crippen LogP contribution in [0.1, 0.15) is 70.2 Å². The van der Waals surface area contributed by atoms with Crippen LogP contribution in [0.5, 0.6) is 0 Å². The maximum absolute atomic E-state index is 12.9. The summed E-state index contributed by atoms with van der Waals surface area (Å²) in [4.78, 5) is 29.0. The van der Waals surface area contributed by atoms with Crippen molar-refractivity contribution < 1.29 is 14.3 Å². The molecule has 2 aromatic rings. The maximum Gasteiger partial charge on any atom is 0.341 e. The van der Waals surface area contributed by atoms with Gasteiger partial charge < -0.3 is 15.0 Å². The van der Waals surface area contributed by atoms with Crippen molar-refractivity contribution in [3.05, 3.63) is 45.8 Å². The molecular formula is C23H28N2O3S. The molecule has 2 heterocycles. The van der Waals surface area contributed by atoms with E-state index < -0.39 is 0 Å². The van der Waals surface area contributed by atoms with Gasteiger partial charge in [0.15, 0.2) is 0 Å². The van der Waals surface area contributed by atoms with Gasteiger partial charge >= 0.3 is 5.97 Å². The lowest BCUT2D eigenvalue weighted by Crippen LogP contribution is -2.29. The molecule has 1 N–H and O–H groups in total. The van der Waals surface area contributed by atoms with Crippen molar-refractivity contribution in [1.29, 1.82) is 0 Å². The number of anilines is 2. The van der Waals surface area contributed by atoms with Crippen LogP contribution in [0, 0.1) is 0 Å². The van der Waals surface area contributed by atoms with Gasteiger partial charge in [0.2, 0.25) is 0 Å². The van der Waals surface area contributed by atoms with Crippen LogP contribution in [0.3, 0.4) is 0 Å². The minimum absolute atomic E-state index is 0.181. The Balaban J connectivity index is 1.53. The van der Waals surface area contributed by atoms with Crippen molar-refractivity contribution in [3.63, 3.8) is 0 Å². The Labute approximate surface area is 176 Å². The molecule has 1 aliphatic carbocycles. The molecule has 0 saturated carbocycles. The van der Waals surface area contributed by atoms with E-state index in [4.69, 9.17) is 4.74 Å². The summed E-state index contributed by atoms with van der Waals surface area (Å²) in [7, 11) is 0. The molecule has 0 unspecified atom stereocenters. The second-order valence-corrected chi connectivity index (χ2v) is 8.79. The van der Waals surface area contributed by atoms with Gasteiger partial charge in [-0.1, -0.05) is 0 Å². The molecule has 1 saturated heterocycles. The quantitative estimate of drug-likeness (QED) is 0.699. The van der Waals surface area contributed by atoms with Crippen LogP contribution in [0.2, 0.25) is 0 Å². The molecule has 0 bridgehead atoms. The highest BCUT2D eigenvalue weighted by atomic mass is 32.1. The number of carbonyl (C=O) groups excluding carboxylic acids is 2. The molecule has 154 valence electrons. The molecule has 1 aliphatic heterocycles. The summed E-state index contributed by atoms with van der Waals surface area (Å²) in [6.07, 6.45) is 7.78. The average molecular weight is 413 g/mol. The normalized spacial score (nSPS) is 16.2. The lowest BCUT2D eigenvalue weighted by atomic mass is 9.95. The van der Waals surface area contributed by atoms with E-state index in [1.807, 2.05) is 24.3 Å². The zero-order valence-corrected chi connectivity index (χ0v) is 17.8. The number of nitrogens with one attached hydrogen (secondary N) is 1. The van der Waals surface area contributed by atoms with E-state index in [2.05, 4.69) is 10.2 Å². The first-order valence-electron chi connectivity index (χ1n) is 10.7. The van der Waals surface area contributed by atoms with Gasteiger partial charge in [0.1, 0.15) is 5.00 Å². The Morgan fingerprint density at radius 2 is 1.76 bits per heavy atom. The van der Waals surface area contributed by atoms with Gasteiger partial charge in [-0.25, -0.2) is 4.79 Å². The Morgan fingerprint density at radius 3 is 2.48 bits per heavy atom. The van der Waals surface area contributed by atoms with Crippen LogP contribution in [0.15, 0.2) is 24.3 Å². The molecule has 0 radical (unpaired) electrons. The number of rotatable bonds is 5. The second kappa shape index (κ2) is 8.99. The maximum atomic E-state index is 12.9. The highest BCUT2D eigenvalue weighted by molar-refractivity contribution is 7.17. The SMILES string of the molecule is CCOC(=O)c1c(NC(=O)c2ccc(N3CCCCC3)cc2)sc2c1CCCC2. The fourth-order valence-corrected chi connectivity index (χ4v) is 5.50. The first-order valence-corrected chi connectivity index (χ1v) is 11.5. The van der Waals surface area contributed by atoms with Gasteiger partial charge in [-0.3, -0.25) is 4.79 Å². The summed E-state index contributed by atoms with van der Waals surface area (Å²) < 4.78 is 5.27. The molecule has 2 aliphatic rings. The summed E-state index contributed by atoms with van der Waals surface area (Å²) >= 11 is 1.52. The predicted octanol–water partition coefficient (Wildman–Crippen LogP) is 5.05. The number of amides is 1. The molecule has 29 heavy (non-hydrogen) atoms. The molecule has 4 rings (SSSR count). The van der Waals surface area contributed by atoms with Crippen molar-refractivity contribution in [3.8, 4) is 0 Å². The smallest absolute Gasteiger partial charge is 0.341 e. The molecule has 5 nitrogen and oxygen atoms in total. The number of hydrogen-bond donors (Lipinski definition) is 1. The van der Waals surface area contributed by atoms with Gasteiger partial charge in [0.05, 0.1) is 12.2 Å². The van der Waals surface area contributed by atoms with Crippen molar-refractivity contribution in [2.75, 3.05) is 29.9 Å². The molecule has 1 aromatic carbocycles. The fraction of sp³-hybridized carbons (Fsp3) is 0.478. The van der Waals surface area contributed by atoms with E-state index in [1.165, 1.54) is 41.2 Å². The van der Waals surface area contributed by atoms with Gasteiger partial charge in [-0.05, 0) is 81.7 Å². The van der Waals surface area contributed by atoms with Gasteiger partial charge in [0, 0.05) is 29.2 Å². The number of carbonyl (C=O) groups is 2. The van der Waals surface area contributed by atoms with E-state index in [1.54, 1.807) is 6.92 Å². The first kappa shape index (κ1) is 20.0. The Morgan fingerprint density at radius 1 is 1.03 bits per heavy atom. The lowest BCUT2D eigenvalue weighted by Gasteiger charge is -2.28. The number of aryl methyl sites for hydroxylation is 1. The van der Waals surface area contributed by atoms with Crippen LogP contribution in [0.25, 0.3) is 0 Å². The minimum Gasteiger partial charge on any atom is -0.462 e. The number of nitrogens with zero attached hydrogens (tertiary/aromatic N) is 1. The second-order valence-electron chi connectivity index (χ2n) is 7.68. The number of esters is 1. The lowest BCUT2D eigenvalue weighted by molar-refractivity contribution is 0.0526. The number of hydrogen-bond acceptors (Lipinski definition) is 5. The molecule has 1 fully saturated rings. The number of ether oxygens (including phenoxy) is 1. The van der Waals surface area contributed by atoms with Crippen molar-refractivity contribution in [2.45, 2.75) is 51.9 Å². The van der Waals surface area contributed by atoms with E-state index in [-0.39, 0.29) is 11.9 Å². The first-order chi connectivity index (χ1) is 14.2. The third-order valence-corrected chi connectivity index (χ3v) is 6.94. The number of thiophene rings is 1. The van der Waals surface area contributed by atoms with Crippen LogP contribution >= 0.6 is 11.3 Å². The van der Waals surface area contributed by atoms with Gasteiger partial charge in [-0.15, -0.1) is 11.3 Å². The molecular weight excluding hydrogens is 384 g/mol. The summed E-state index contributed by atoms with van der Waals surface area (Å²) in [5.41, 5.74) is 3.40. The number of benzene rings is 1. The molecule has 1 aromatic heterocycles. The number of fused-ring (bicyclic) bond motifs is 1. The molecule has 6 heteroatoms. The molecule has 1 amide bonds. The third kappa shape index (κ3) is 4.32. The molecule has 0 spiro atoms. The molecule has 0 atom stereocenters. The van der Waals surface area contributed by atoms with E-state index in [0.717, 1.165) is 44.3 Å². The van der Waals surface area contributed by atoms with Gasteiger partial charge in [-0.2, -0.15) is 0 Å². The van der Waals surface area contributed by atoms with E-state index >= 15 is 0 Å². The average Bonchev–Trinajstić information content (AvgIpc) is 3.12. The predicted molar refractivity (Wildman–Crippen MR) is 117 cm³/mol. The van der Waals surface area contributed by atoms with E-state index in [9.17, 15) is 9.59 Å². The fourth-order valence-electron chi connectivity index (χ4n) is 4.22. The van der Waals surface area contributed by atoms with Gasteiger partial charge in [0.25, 0.3) is 5.91 Å². The summed E-state index contributed by atoms with van der Waals surface area (Å²) in [5.74, 6) is -0.512. The number of piperidine rings is 1. The zero-order valence-electron chi connectivity index (χ0n) is 17.0. The Kier molecular flexibility index (Phi) is 6.19. The van der Waals surface area contributed by atoms with Crippen LogP contribution in [-0.2, 0) is 17.6 Å². The largest absolute Gasteiger partial charge is 0.462 e. The standard InChI is InChI=1S/C23H28N2O3S/c1-2-28-23(27)20-18-8-4-5-9-19(18)29-22(20)24-21(26)16-10-12-17(13-11-16)25-14-6-3-7-15-25/h10-13H,2-9,14-15H2,1H3,(H,24,26). The zero-order chi connectivity index (χ0) is 20.2. The van der Waals surface area contributed by atoms with Crippen molar-refractivity contribution in [2.24, 2.45) is 0 Å². The summed E-state index contributed by atoms with van der Waals surface area (Å²) in [6, 6.07) is 7.78. The summed E-state index contributed by atoms with van der Waals surface area (Å²) in [6.45, 7) is 4.29. The highest BCUT2D eigenvalue weighted by Crippen LogP contribution is 2.38. The highest BCUT2D eigenvalue weighted by Gasteiger charge is 2.27.